The lowest BCUT2D eigenvalue weighted by Crippen LogP contribution is -2.32. The van der Waals surface area contributed by atoms with E-state index in [0.717, 1.165) is 28.6 Å². The lowest BCUT2D eigenvalue weighted by molar-refractivity contribution is 0.574. The summed E-state index contributed by atoms with van der Waals surface area (Å²) in [6, 6.07) is 1.83. The van der Waals surface area contributed by atoms with E-state index in [4.69, 9.17) is 27.6 Å². The van der Waals surface area contributed by atoms with Crippen molar-refractivity contribution >= 4 is 55.8 Å². The molecule has 0 amide bonds. The Kier molecular flexibility index (Phi) is 2.55. The number of fused-ring (bicyclic) bond motifs is 3. The molecule has 1 aliphatic rings. The van der Waals surface area contributed by atoms with Crippen LogP contribution in [0.4, 0.5) is 5.69 Å². The fraction of sp³-hybridized carbons (Fsp3) is 0.200. The topological polar surface area (TPSA) is 28.4 Å². The van der Waals surface area contributed by atoms with Gasteiger partial charge in [0.05, 0.1) is 33.5 Å². The average molecular weight is 322 g/mol. The van der Waals surface area contributed by atoms with Crippen LogP contribution >= 0.6 is 39.3 Å². The number of nitrogens with zero attached hydrogens (tertiary/aromatic N) is 1. The molecule has 2 aromatic rings. The largest absolute Gasteiger partial charge is 0.452 e. The van der Waals surface area contributed by atoms with Crippen LogP contribution in [0.1, 0.15) is 5.56 Å². The molecule has 6 heteroatoms. The van der Waals surface area contributed by atoms with E-state index in [0.29, 0.717) is 16.9 Å². The highest BCUT2D eigenvalue weighted by atomic mass is 79.9. The van der Waals surface area contributed by atoms with Crippen LogP contribution in [0.15, 0.2) is 16.7 Å². The number of furan rings is 1. The monoisotopic (exact) mass is 320 g/mol. The van der Waals surface area contributed by atoms with Crippen LogP contribution in [0.2, 0.25) is 10.2 Å². The Balaban J connectivity index is 2.39. The molecule has 0 spiro atoms. The number of nitrogens with one attached hydrogen (secondary N) is 1. The van der Waals surface area contributed by atoms with Crippen LogP contribution in [0, 0.1) is 0 Å². The van der Waals surface area contributed by atoms with Gasteiger partial charge >= 0.3 is 0 Å². The van der Waals surface area contributed by atoms with Crippen LogP contribution in [0.3, 0.4) is 0 Å². The van der Waals surface area contributed by atoms with Crippen molar-refractivity contribution in [1.82, 2.24) is 5.32 Å². The van der Waals surface area contributed by atoms with Gasteiger partial charge in [0.2, 0.25) is 5.22 Å². The molecule has 16 heavy (non-hydrogen) atoms. The van der Waals surface area contributed by atoms with E-state index >= 15 is 0 Å². The molecular weight excluding hydrogens is 315 g/mol. The zero-order valence-electron chi connectivity index (χ0n) is 8.06. The van der Waals surface area contributed by atoms with Crippen LogP contribution in [-0.2, 0) is 6.54 Å². The van der Waals surface area contributed by atoms with Gasteiger partial charge in [0.25, 0.3) is 0 Å². The van der Waals surface area contributed by atoms with Gasteiger partial charge in [0, 0.05) is 22.9 Å². The fourth-order valence-corrected chi connectivity index (χ4v) is 3.19. The van der Waals surface area contributed by atoms with Gasteiger partial charge in [-0.3, -0.25) is 9.24 Å². The Hall–Kier alpha value is -0.420. The van der Waals surface area contributed by atoms with Gasteiger partial charge in [-0.15, -0.1) is 0 Å². The molecule has 2 heterocycles. The Morgan fingerprint density at radius 1 is 1.38 bits per heavy atom. The molecule has 3 rings (SSSR count). The van der Waals surface area contributed by atoms with E-state index in [-0.39, 0.29) is 0 Å². The minimum atomic E-state index is 0.381. The quantitative estimate of drug-likeness (QED) is 0.746. The highest BCUT2D eigenvalue weighted by molar-refractivity contribution is 9.10. The van der Waals surface area contributed by atoms with Crippen LogP contribution in [0.25, 0.3) is 10.8 Å². The van der Waals surface area contributed by atoms with Crippen molar-refractivity contribution < 1.29 is 4.42 Å². The molecule has 0 aliphatic carbocycles. The van der Waals surface area contributed by atoms with Crippen molar-refractivity contribution in [2.75, 3.05) is 10.6 Å². The van der Waals surface area contributed by atoms with Crippen LogP contribution < -0.4 is 9.24 Å². The molecule has 0 saturated heterocycles. The van der Waals surface area contributed by atoms with Gasteiger partial charge in [0.15, 0.2) is 0 Å². The molecule has 1 aromatic carbocycles. The highest BCUT2D eigenvalue weighted by Gasteiger charge is 2.22. The average Bonchev–Trinajstić information content (AvgIpc) is 2.61. The van der Waals surface area contributed by atoms with E-state index in [1.807, 2.05) is 9.99 Å². The van der Waals surface area contributed by atoms with Crippen molar-refractivity contribution in [3.63, 3.8) is 0 Å². The third kappa shape index (κ3) is 1.44. The van der Waals surface area contributed by atoms with Crippen LogP contribution in [-0.4, -0.2) is 6.67 Å². The van der Waals surface area contributed by atoms with Gasteiger partial charge in [-0.05, 0) is 17.7 Å². The molecular formula is C10H7BrCl2N2O. The molecule has 0 fully saturated rings. The van der Waals surface area contributed by atoms with E-state index < -0.39 is 0 Å². The molecule has 1 N–H and O–H groups in total. The molecule has 1 aromatic heterocycles. The molecule has 3 nitrogen and oxygen atoms in total. The minimum absolute atomic E-state index is 0.381. The first kappa shape index (κ1) is 10.7. The Morgan fingerprint density at radius 3 is 3.00 bits per heavy atom. The summed E-state index contributed by atoms with van der Waals surface area (Å²) in [6.45, 7) is 1.47. The van der Waals surface area contributed by atoms with Gasteiger partial charge in [-0.25, -0.2) is 0 Å². The SMILES string of the molecule is Clc1cc2c(Cl)occ2c2c1N(Br)CNC2. The summed E-state index contributed by atoms with van der Waals surface area (Å²) in [5.74, 6) is 0. The molecule has 0 unspecified atom stereocenters. The normalized spacial score (nSPS) is 15.6. The van der Waals surface area contributed by atoms with Crippen molar-refractivity contribution in [2.45, 2.75) is 6.54 Å². The lowest BCUT2D eigenvalue weighted by Gasteiger charge is -2.27. The first-order chi connectivity index (χ1) is 7.68. The molecule has 0 atom stereocenters. The predicted octanol–water partition coefficient (Wildman–Crippen LogP) is 3.92. The van der Waals surface area contributed by atoms with E-state index in [9.17, 15) is 0 Å². The summed E-state index contributed by atoms with van der Waals surface area (Å²) >= 11 is 15.7. The first-order valence-electron chi connectivity index (χ1n) is 4.70. The molecule has 0 saturated carbocycles. The van der Waals surface area contributed by atoms with Gasteiger partial charge in [-0.2, -0.15) is 0 Å². The smallest absolute Gasteiger partial charge is 0.200 e. The summed E-state index contributed by atoms with van der Waals surface area (Å²) in [5, 5.41) is 6.16. The summed E-state index contributed by atoms with van der Waals surface area (Å²) in [7, 11) is 0. The first-order valence-corrected chi connectivity index (χ1v) is 6.17. The van der Waals surface area contributed by atoms with Gasteiger partial charge in [0.1, 0.15) is 6.26 Å². The van der Waals surface area contributed by atoms with E-state index in [2.05, 4.69) is 21.5 Å². The van der Waals surface area contributed by atoms with Gasteiger partial charge < -0.3 is 4.42 Å². The standard InChI is InChI=1S/C10H7BrCl2N2O/c11-15-4-14-2-6-7-3-16-10(13)5(7)1-8(12)9(6)15/h1,3,14H,2,4H2. The lowest BCUT2D eigenvalue weighted by atomic mass is 10.1. The van der Waals surface area contributed by atoms with Crippen molar-refractivity contribution in [3.8, 4) is 0 Å². The second kappa shape index (κ2) is 3.81. The van der Waals surface area contributed by atoms with Crippen molar-refractivity contribution in [2.24, 2.45) is 0 Å². The number of hydrogen-bond donors (Lipinski definition) is 1. The second-order valence-corrected chi connectivity index (χ2v) is 5.21. The maximum atomic E-state index is 6.25. The van der Waals surface area contributed by atoms with E-state index in [1.165, 1.54) is 0 Å². The van der Waals surface area contributed by atoms with E-state index in [1.54, 1.807) is 6.26 Å². The summed E-state index contributed by atoms with van der Waals surface area (Å²) in [6.07, 6.45) is 1.67. The Bertz CT molecular complexity index is 569. The minimum Gasteiger partial charge on any atom is -0.452 e. The number of halogens is 3. The van der Waals surface area contributed by atoms with Gasteiger partial charge in [-0.1, -0.05) is 11.6 Å². The third-order valence-electron chi connectivity index (χ3n) is 2.69. The summed E-state index contributed by atoms with van der Waals surface area (Å²) < 4.78 is 7.11. The molecule has 84 valence electrons. The molecule has 0 radical (unpaired) electrons. The van der Waals surface area contributed by atoms with Crippen molar-refractivity contribution in [3.05, 3.63) is 28.1 Å². The predicted molar refractivity (Wildman–Crippen MR) is 69.3 cm³/mol. The number of anilines is 1. The maximum Gasteiger partial charge on any atom is 0.200 e. The van der Waals surface area contributed by atoms with Crippen molar-refractivity contribution in [1.29, 1.82) is 0 Å². The zero-order valence-corrected chi connectivity index (χ0v) is 11.2. The van der Waals surface area contributed by atoms with Crippen LogP contribution in [0.5, 0.6) is 0 Å². The molecule has 1 aliphatic heterocycles. The summed E-state index contributed by atoms with van der Waals surface area (Å²) in [5.41, 5.74) is 2.08. The zero-order chi connectivity index (χ0) is 11.3. The number of hydrogen-bond acceptors (Lipinski definition) is 3. The highest BCUT2D eigenvalue weighted by Crippen LogP contribution is 2.41. The summed E-state index contributed by atoms with van der Waals surface area (Å²) in [4.78, 5) is 0. The number of rotatable bonds is 0. The molecule has 0 bridgehead atoms. The second-order valence-electron chi connectivity index (χ2n) is 3.60. The number of benzene rings is 1. The Labute approximate surface area is 111 Å². The fourth-order valence-electron chi connectivity index (χ4n) is 1.98. The Morgan fingerprint density at radius 2 is 2.19 bits per heavy atom. The third-order valence-corrected chi connectivity index (χ3v) is 3.87. The maximum absolute atomic E-state index is 6.25.